The molecule has 72 valence electrons. The summed E-state index contributed by atoms with van der Waals surface area (Å²) in [6.07, 6.45) is 5.62. The van der Waals surface area contributed by atoms with E-state index >= 15 is 0 Å². The lowest BCUT2D eigenvalue weighted by Gasteiger charge is -2.07. The van der Waals surface area contributed by atoms with Crippen LogP contribution in [0.5, 0.6) is 0 Å². The van der Waals surface area contributed by atoms with E-state index in [1.165, 1.54) is 5.56 Å². The van der Waals surface area contributed by atoms with Gasteiger partial charge in [0.15, 0.2) is 0 Å². The van der Waals surface area contributed by atoms with Crippen molar-refractivity contribution in [1.82, 2.24) is 4.98 Å². The molecule has 0 aliphatic heterocycles. The molecule has 0 bridgehead atoms. The van der Waals surface area contributed by atoms with E-state index in [2.05, 4.69) is 4.98 Å². The molecular formula is C10H16N2O. The van der Waals surface area contributed by atoms with Crippen molar-refractivity contribution in [2.45, 2.75) is 25.4 Å². The van der Waals surface area contributed by atoms with Gasteiger partial charge in [0.05, 0.1) is 6.10 Å². The molecule has 13 heavy (non-hydrogen) atoms. The third-order valence-corrected chi connectivity index (χ3v) is 1.99. The zero-order valence-corrected chi connectivity index (χ0v) is 7.69. The van der Waals surface area contributed by atoms with Crippen LogP contribution in [0.2, 0.25) is 0 Å². The van der Waals surface area contributed by atoms with Crippen molar-refractivity contribution in [3.8, 4) is 0 Å². The summed E-state index contributed by atoms with van der Waals surface area (Å²) < 4.78 is 0. The zero-order valence-electron chi connectivity index (χ0n) is 7.69. The Labute approximate surface area is 78.6 Å². The Kier molecular flexibility index (Phi) is 4.43. The minimum absolute atomic E-state index is 0.273. The average Bonchev–Trinajstić information content (AvgIpc) is 2.17. The number of aromatic nitrogens is 1. The fourth-order valence-electron chi connectivity index (χ4n) is 1.22. The van der Waals surface area contributed by atoms with Crippen LogP contribution in [0.15, 0.2) is 24.5 Å². The van der Waals surface area contributed by atoms with E-state index < -0.39 is 0 Å². The number of aliphatic hydroxyl groups excluding tert-OH is 1. The quantitative estimate of drug-likeness (QED) is 0.702. The van der Waals surface area contributed by atoms with Crippen LogP contribution in [0.25, 0.3) is 0 Å². The summed E-state index contributed by atoms with van der Waals surface area (Å²) in [5.41, 5.74) is 6.49. The van der Waals surface area contributed by atoms with Crippen LogP contribution in [0.3, 0.4) is 0 Å². The van der Waals surface area contributed by atoms with E-state index in [4.69, 9.17) is 5.73 Å². The highest BCUT2D eigenvalue weighted by molar-refractivity contribution is 5.08. The van der Waals surface area contributed by atoms with Gasteiger partial charge in [-0.3, -0.25) is 4.98 Å². The molecule has 0 radical (unpaired) electrons. The molecule has 1 aromatic rings. The minimum atomic E-state index is -0.273. The molecule has 0 aromatic carbocycles. The van der Waals surface area contributed by atoms with Gasteiger partial charge in [0.1, 0.15) is 0 Å². The van der Waals surface area contributed by atoms with Crippen LogP contribution in [-0.4, -0.2) is 22.7 Å². The molecule has 1 aromatic heterocycles. The first-order valence-electron chi connectivity index (χ1n) is 4.60. The second kappa shape index (κ2) is 5.67. The van der Waals surface area contributed by atoms with Gasteiger partial charge in [-0.05, 0) is 37.4 Å². The van der Waals surface area contributed by atoms with Gasteiger partial charge < -0.3 is 10.8 Å². The number of hydrogen-bond donors (Lipinski definition) is 2. The Hall–Kier alpha value is -0.930. The molecule has 3 heteroatoms. The Balaban J connectivity index is 2.27. The molecule has 0 aliphatic rings. The topological polar surface area (TPSA) is 59.1 Å². The van der Waals surface area contributed by atoms with E-state index in [1.54, 1.807) is 6.20 Å². The number of pyridine rings is 1. The first kappa shape index (κ1) is 10.2. The Morgan fingerprint density at radius 2 is 2.31 bits per heavy atom. The third kappa shape index (κ3) is 4.01. The fourth-order valence-corrected chi connectivity index (χ4v) is 1.22. The maximum absolute atomic E-state index is 9.41. The van der Waals surface area contributed by atoms with Crippen molar-refractivity contribution in [2.24, 2.45) is 5.73 Å². The largest absolute Gasteiger partial charge is 0.393 e. The second-order valence-electron chi connectivity index (χ2n) is 3.13. The molecular weight excluding hydrogens is 164 g/mol. The molecule has 0 amide bonds. The lowest BCUT2D eigenvalue weighted by atomic mass is 10.1. The Morgan fingerprint density at radius 3 is 2.92 bits per heavy atom. The summed E-state index contributed by atoms with van der Waals surface area (Å²) in [7, 11) is 0. The molecule has 1 unspecified atom stereocenters. The monoisotopic (exact) mass is 180 g/mol. The van der Waals surface area contributed by atoms with Gasteiger partial charge in [0, 0.05) is 12.4 Å². The van der Waals surface area contributed by atoms with Crippen LogP contribution < -0.4 is 5.73 Å². The van der Waals surface area contributed by atoms with Crippen LogP contribution >= 0.6 is 0 Å². The summed E-state index contributed by atoms with van der Waals surface area (Å²) in [5.74, 6) is 0. The predicted octanol–water partition coefficient (Wildman–Crippen LogP) is 0.724. The Morgan fingerprint density at radius 1 is 1.46 bits per heavy atom. The van der Waals surface area contributed by atoms with E-state index in [0.717, 1.165) is 12.8 Å². The van der Waals surface area contributed by atoms with Crippen molar-refractivity contribution in [3.05, 3.63) is 30.1 Å². The van der Waals surface area contributed by atoms with Gasteiger partial charge in [0.2, 0.25) is 0 Å². The molecule has 3 nitrogen and oxygen atoms in total. The molecule has 1 atom stereocenters. The van der Waals surface area contributed by atoms with Crippen molar-refractivity contribution < 1.29 is 5.11 Å². The fraction of sp³-hybridized carbons (Fsp3) is 0.500. The van der Waals surface area contributed by atoms with Gasteiger partial charge in [-0.2, -0.15) is 0 Å². The minimum Gasteiger partial charge on any atom is -0.393 e. The second-order valence-corrected chi connectivity index (χ2v) is 3.13. The van der Waals surface area contributed by atoms with Crippen LogP contribution in [0.1, 0.15) is 18.4 Å². The standard InChI is InChI=1S/C10H16N2O/c11-6-5-10(13)4-3-9-2-1-7-12-8-9/h1-2,7-8,10,13H,3-6,11H2. The number of rotatable bonds is 5. The molecule has 1 heterocycles. The van der Waals surface area contributed by atoms with Crippen LogP contribution in [0.4, 0.5) is 0 Å². The molecule has 3 N–H and O–H groups in total. The number of aliphatic hydroxyl groups is 1. The Bertz CT molecular complexity index is 226. The lowest BCUT2D eigenvalue weighted by Crippen LogP contribution is -2.14. The van der Waals surface area contributed by atoms with Crippen LogP contribution in [-0.2, 0) is 6.42 Å². The SMILES string of the molecule is NCCC(O)CCc1cccnc1. The van der Waals surface area contributed by atoms with E-state index in [1.807, 2.05) is 18.3 Å². The van der Waals surface area contributed by atoms with Gasteiger partial charge in [0.25, 0.3) is 0 Å². The van der Waals surface area contributed by atoms with Crippen molar-refractivity contribution in [1.29, 1.82) is 0 Å². The molecule has 0 fully saturated rings. The first-order valence-corrected chi connectivity index (χ1v) is 4.60. The van der Waals surface area contributed by atoms with Gasteiger partial charge in [-0.1, -0.05) is 6.07 Å². The van der Waals surface area contributed by atoms with E-state index in [-0.39, 0.29) is 6.10 Å². The number of aryl methyl sites for hydroxylation is 1. The first-order chi connectivity index (χ1) is 6.33. The molecule has 0 spiro atoms. The normalized spacial score (nSPS) is 12.8. The van der Waals surface area contributed by atoms with Gasteiger partial charge in [-0.15, -0.1) is 0 Å². The van der Waals surface area contributed by atoms with E-state index in [0.29, 0.717) is 13.0 Å². The maximum Gasteiger partial charge on any atom is 0.0555 e. The summed E-state index contributed by atoms with van der Waals surface area (Å²) in [5, 5.41) is 9.41. The summed E-state index contributed by atoms with van der Waals surface area (Å²) in [6.45, 7) is 0.550. The molecule has 0 saturated heterocycles. The average molecular weight is 180 g/mol. The predicted molar refractivity (Wildman–Crippen MR) is 52.2 cm³/mol. The highest BCUT2D eigenvalue weighted by Gasteiger charge is 2.02. The molecule has 0 saturated carbocycles. The molecule has 0 aliphatic carbocycles. The smallest absolute Gasteiger partial charge is 0.0555 e. The molecule has 1 rings (SSSR count). The van der Waals surface area contributed by atoms with Crippen LogP contribution in [0, 0.1) is 0 Å². The van der Waals surface area contributed by atoms with E-state index in [9.17, 15) is 5.11 Å². The highest BCUT2D eigenvalue weighted by Crippen LogP contribution is 2.04. The number of nitrogens with zero attached hydrogens (tertiary/aromatic N) is 1. The van der Waals surface area contributed by atoms with Gasteiger partial charge >= 0.3 is 0 Å². The summed E-state index contributed by atoms with van der Waals surface area (Å²) >= 11 is 0. The number of nitrogens with two attached hydrogens (primary N) is 1. The lowest BCUT2D eigenvalue weighted by molar-refractivity contribution is 0.157. The summed E-state index contributed by atoms with van der Waals surface area (Å²) in [6, 6.07) is 3.92. The number of hydrogen-bond acceptors (Lipinski definition) is 3. The highest BCUT2D eigenvalue weighted by atomic mass is 16.3. The zero-order chi connectivity index (χ0) is 9.52. The maximum atomic E-state index is 9.41. The third-order valence-electron chi connectivity index (χ3n) is 1.99. The van der Waals surface area contributed by atoms with Crippen molar-refractivity contribution in [2.75, 3.05) is 6.54 Å². The van der Waals surface area contributed by atoms with Crippen molar-refractivity contribution >= 4 is 0 Å². The van der Waals surface area contributed by atoms with Crippen molar-refractivity contribution in [3.63, 3.8) is 0 Å². The summed E-state index contributed by atoms with van der Waals surface area (Å²) in [4.78, 5) is 4.00. The van der Waals surface area contributed by atoms with Gasteiger partial charge in [-0.25, -0.2) is 0 Å².